The van der Waals surface area contributed by atoms with E-state index in [1.807, 2.05) is 0 Å². The molecule has 1 unspecified atom stereocenters. The van der Waals surface area contributed by atoms with Crippen molar-refractivity contribution in [3.05, 3.63) is 17.2 Å². The Kier molecular flexibility index (Phi) is 5.23. The molecular formula is C17H32N2. The number of hydrogen-bond donors (Lipinski definition) is 1. The van der Waals surface area contributed by atoms with Gasteiger partial charge in [-0.15, -0.1) is 0 Å². The summed E-state index contributed by atoms with van der Waals surface area (Å²) in [7, 11) is 0. The molecule has 0 aliphatic heterocycles. The molecule has 0 aliphatic carbocycles. The summed E-state index contributed by atoms with van der Waals surface area (Å²) >= 11 is 0. The van der Waals surface area contributed by atoms with Crippen LogP contribution in [0.3, 0.4) is 0 Å². The Balaban J connectivity index is 3.29. The van der Waals surface area contributed by atoms with Crippen LogP contribution in [0.15, 0.2) is 0 Å². The number of imidazole rings is 1. The summed E-state index contributed by atoms with van der Waals surface area (Å²) in [6.07, 6.45) is 2.26. The van der Waals surface area contributed by atoms with Crippen LogP contribution in [0.25, 0.3) is 0 Å². The predicted molar refractivity (Wildman–Crippen MR) is 83.9 cm³/mol. The molecule has 2 heteroatoms. The fourth-order valence-corrected chi connectivity index (χ4v) is 2.39. The number of aromatic amines is 1. The summed E-state index contributed by atoms with van der Waals surface area (Å²) in [4.78, 5) is 8.65. The van der Waals surface area contributed by atoms with E-state index in [9.17, 15) is 0 Å². The molecule has 0 saturated heterocycles. The van der Waals surface area contributed by atoms with Gasteiger partial charge >= 0.3 is 0 Å². The topological polar surface area (TPSA) is 28.7 Å². The molecular weight excluding hydrogens is 232 g/mol. The van der Waals surface area contributed by atoms with Crippen molar-refractivity contribution in [3.63, 3.8) is 0 Å². The van der Waals surface area contributed by atoms with Gasteiger partial charge in [-0.1, -0.05) is 55.4 Å². The molecule has 0 amide bonds. The number of aromatic nitrogens is 2. The smallest absolute Gasteiger partial charge is 0.112 e. The van der Waals surface area contributed by atoms with Crippen molar-refractivity contribution < 1.29 is 0 Å². The quantitative estimate of drug-likeness (QED) is 0.735. The van der Waals surface area contributed by atoms with E-state index >= 15 is 0 Å². The van der Waals surface area contributed by atoms with E-state index in [2.05, 4.69) is 60.4 Å². The molecule has 1 heterocycles. The zero-order valence-electron chi connectivity index (χ0n) is 14.1. The highest BCUT2D eigenvalue weighted by atomic mass is 15.0. The largest absolute Gasteiger partial charge is 0.345 e. The summed E-state index contributed by atoms with van der Waals surface area (Å²) in [5.74, 6) is 2.85. The molecule has 0 fully saturated rings. The highest BCUT2D eigenvalue weighted by Gasteiger charge is 2.29. The molecule has 1 rings (SSSR count). The van der Waals surface area contributed by atoms with Crippen molar-refractivity contribution in [2.75, 3.05) is 0 Å². The van der Waals surface area contributed by atoms with Crippen LogP contribution in [0.2, 0.25) is 0 Å². The lowest BCUT2D eigenvalue weighted by molar-refractivity contribution is 0.413. The molecule has 1 atom stereocenters. The molecule has 0 radical (unpaired) electrons. The molecule has 0 bridgehead atoms. The predicted octanol–water partition coefficient (Wildman–Crippen LogP) is 5.37. The molecule has 1 aromatic heterocycles. The van der Waals surface area contributed by atoms with Crippen molar-refractivity contribution in [2.24, 2.45) is 5.92 Å². The average molecular weight is 264 g/mol. The van der Waals surface area contributed by atoms with Crippen LogP contribution < -0.4 is 0 Å². The number of rotatable bonds is 6. The Hall–Kier alpha value is -0.790. The molecule has 19 heavy (non-hydrogen) atoms. The van der Waals surface area contributed by atoms with Gasteiger partial charge < -0.3 is 4.98 Å². The van der Waals surface area contributed by atoms with E-state index in [-0.39, 0.29) is 5.41 Å². The van der Waals surface area contributed by atoms with Crippen molar-refractivity contribution >= 4 is 0 Å². The third kappa shape index (κ3) is 3.21. The molecule has 110 valence electrons. The van der Waals surface area contributed by atoms with Gasteiger partial charge in [0.15, 0.2) is 0 Å². The zero-order chi connectivity index (χ0) is 14.8. The lowest BCUT2D eigenvalue weighted by Gasteiger charge is -2.24. The van der Waals surface area contributed by atoms with Crippen molar-refractivity contribution in [1.29, 1.82) is 0 Å². The van der Waals surface area contributed by atoms with Gasteiger partial charge in [-0.3, -0.25) is 0 Å². The van der Waals surface area contributed by atoms with Crippen LogP contribution in [-0.4, -0.2) is 9.97 Å². The minimum absolute atomic E-state index is 0.179. The maximum Gasteiger partial charge on any atom is 0.112 e. The maximum absolute atomic E-state index is 4.97. The number of hydrogen-bond acceptors (Lipinski definition) is 1. The molecule has 1 aromatic rings. The minimum Gasteiger partial charge on any atom is -0.345 e. The van der Waals surface area contributed by atoms with E-state index in [1.54, 1.807) is 0 Å². The second-order valence-corrected chi connectivity index (χ2v) is 6.84. The molecule has 0 spiro atoms. The third-order valence-electron chi connectivity index (χ3n) is 4.90. The Morgan fingerprint density at radius 3 is 1.95 bits per heavy atom. The van der Waals surface area contributed by atoms with E-state index < -0.39 is 0 Å². The summed E-state index contributed by atoms with van der Waals surface area (Å²) < 4.78 is 0. The first-order valence-electron chi connectivity index (χ1n) is 7.87. The standard InChI is InChI=1S/C17H32N2/c1-9-17(8,10-2)16-18-14(12(5)6)15(19-16)13(7)11(3)4/h11-13H,9-10H2,1-8H3,(H,18,19). The Morgan fingerprint density at radius 1 is 1.05 bits per heavy atom. The van der Waals surface area contributed by atoms with Crippen LogP contribution in [0.1, 0.15) is 97.3 Å². The number of nitrogens with one attached hydrogen (secondary N) is 1. The molecule has 0 aromatic carbocycles. The summed E-state index contributed by atoms with van der Waals surface area (Å²) in [5.41, 5.74) is 2.80. The lowest BCUT2D eigenvalue weighted by Crippen LogP contribution is -2.21. The van der Waals surface area contributed by atoms with Gasteiger partial charge in [0.25, 0.3) is 0 Å². The average Bonchev–Trinajstić information content (AvgIpc) is 2.82. The van der Waals surface area contributed by atoms with Crippen LogP contribution in [-0.2, 0) is 5.41 Å². The highest BCUT2D eigenvalue weighted by molar-refractivity contribution is 5.25. The Bertz CT molecular complexity index is 397. The van der Waals surface area contributed by atoms with Gasteiger partial charge in [0.2, 0.25) is 0 Å². The van der Waals surface area contributed by atoms with Crippen molar-refractivity contribution in [3.8, 4) is 0 Å². The van der Waals surface area contributed by atoms with Gasteiger partial charge in [-0.2, -0.15) is 0 Å². The fraction of sp³-hybridized carbons (Fsp3) is 0.824. The summed E-state index contributed by atoms with van der Waals surface area (Å²) in [5, 5.41) is 0. The summed E-state index contributed by atoms with van der Waals surface area (Å²) in [6.45, 7) is 18.2. The van der Waals surface area contributed by atoms with Crippen LogP contribution in [0.5, 0.6) is 0 Å². The maximum atomic E-state index is 4.97. The van der Waals surface area contributed by atoms with Gasteiger partial charge in [-0.05, 0) is 24.7 Å². The monoisotopic (exact) mass is 264 g/mol. The van der Waals surface area contributed by atoms with Crippen LogP contribution in [0, 0.1) is 5.92 Å². The minimum atomic E-state index is 0.179. The number of H-pyrrole nitrogens is 1. The van der Waals surface area contributed by atoms with Gasteiger partial charge in [0.05, 0.1) is 5.69 Å². The lowest BCUT2D eigenvalue weighted by atomic mass is 9.84. The van der Waals surface area contributed by atoms with E-state index in [0.29, 0.717) is 17.8 Å². The van der Waals surface area contributed by atoms with E-state index in [4.69, 9.17) is 4.98 Å². The first-order valence-corrected chi connectivity index (χ1v) is 7.87. The van der Waals surface area contributed by atoms with Crippen LogP contribution >= 0.6 is 0 Å². The summed E-state index contributed by atoms with van der Waals surface area (Å²) in [6, 6.07) is 0. The zero-order valence-corrected chi connectivity index (χ0v) is 14.1. The molecule has 0 aliphatic rings. The van der Waals surface area contributed by atoms with Gasteiger partial charge in [0, 0.05) is 17.0 Å². The first kappa shape index (κ1) is 16.3. The number of nitrogens with zero attached hydrogens (tertiary/aromatic N) is 1. The van der Waals surface area contributed by atoms with Gasteiger partial charge in [-0.25, -0.2) is 4.98 Å². The molecule has 0 saturated carbocycles. The van der Waals surface area contributed by atoms with Crippen molar-refractivity contribution in [2.45, 2.75) is 85.5 Å². The van der Waals surface area contributed by atoms with E-state index in [0.717, 1.165) is 12.8 Å². The Labute approximate surface area is 119 Å². The first-order chi connectivity index (χ1) is 8.76. The normalized spacial score (nSPS) is 14.4. The second kappa shape index (κ2) is 6.11. The molecule has 2 nitrogen and oxygen atoms in total. The molecule has 1 N–H and O–H groups in total. The highest BCUT2D eigenvalue weighted by Crippen LogP contribution is 2.35. The second-order valence-electron chi connectivity index (χ2n) is 6.84. The Morgan fingerprint density at radius 2 is 1.58 bits per heavy atom. The third-order valence-corrected chi connectivity index (χ3v) is 4.90. The van der Waals surface area contributed by atoms with Gasteiger partial charge in [0.1, 0.15) is 5.82 Å². The fourth-order valence-electron chi connectivity index (χ4n) is 2.39. The SMILES string of the molecule is CCC(C)(CC)c1nc(C(C)C)c(C(C)C(C)C)[nH]1. The van der Waals surface area contributed by atoms with E-state index in [1.165, 1.54) is 17.2 Å². The van der Waals surface area contributed by atoms with Crippen molar-refractivity contribution in [1.82, 2.24) is 9.97 Å². The van der Waals surface area contributed by atoms with Crippen LogP contribution in [0.4, 0.5) is 0 Å².